The van der Waals surface area contributed by atoms with E-state index >= 15 is 0 Å². The number of thiophene rings is 1. The number of nitrogens with two attached hydrogens (primary N) is 1. The van der Waals surface area contributed by atoms with Gasteiger partial charge >= 0.3 is 0 Å². The third-order valence-electron chi connectivity index (χ3n) is 1.84. The zero-order chi connectivity index (χ0) is 10.6. The smallest absolute Gasteiger partial charge is 0.0918 e. The highest BCUT2D eigenvalue weighted by molar-refractivity contribution is 9.11. The van der Waals surface area contributed by atoms with Crippen molar-refractivity contribution in [2.75, 3.05) is 13.6 Å². The van der Waals surface area contributed by atoms with Crippen molar-refractivity contribution in [3.63, 3.8) is 0 Å². The van der Waals surface area contributed by atoms with Gasteiger partial charge in [0.25, 0.3) is 0 Å². The van der Waals surface area contributed by atoms with Gasteiger partial charge in [0.1, 0.15) is 0 Å². The van der Waals surface area contributed by atoms with E-state index in [4.69, 9.17) is 11.1 Å². The minimum absolute atomic E-state index is 0.253. The van der Waals surface area contributed by atoms with Gasteiger partial charge in [-0.1, -0.05) is 0 Å². The summed E-state index contributed by atoms with van der Waals surface area (Å²) in [5.74, 6) is 0.253. The van der Waals surface area contributed by atoms with E-state index in [1.54, 1.807) is 11.3 Å². The lowest BCUT2D eigenvalue weighted by Gasteiger charge is -2.14. The van der Waals surface area contributed by atoms with E-state index in [0.717, 1.165) is 16.9 Å². The molecule has 1 heterocycles. The molecule has 3 N–H and O–H groups in total. The van der Waals surface area contributed by atoms with Crippen LogP contribution in [0.15, 0.2) is 15.2 Å². The third kappa shape index (κ3) is 4.21. The van der Waals surface area contributed by atoms with Crippen molar-refractivity contribution < 1.29 is 0 Å². The summed E-state index contributed by atoms with van der Waals surface area (Å²) < 4.78 is 1.16. The van der Waals surface area contributed by atoms with Crippen LogP contribution in [0.2, 0.25) is 0 Å². The van der Waals surface area contributed by atoms with Gasteiger partial charge in [0, 0.05) is 19.5 Å². The molecule has 1 rings (SSSR count). The van der Waals surface area contributed by atoms with Crippen LogP contribution >= 0.6 is 27.3 Å². The summed E-state index contributed by atoms with van der Waals surface area (Å²) in [5, 5.41) is 9.25. The highest BCUT2D eigenvalue weighted by atomic mass is 79.9. The van der Waals surface area contributed by atoms with Gasteiger partial charge in [-0.3, -0.25) is 5.41 Å². The van der Waals surface area contributed by atoms with Crippen molar-refractivity contribution in [2.45, 2.75) is 13.0 Å². The molecule has 0 radical (unpaired) electrons. The molecule has 0 unspecified atom stereocenters. The van der Waals surface area contributed by atoms with E-state index in [2.05, 4.69) is 32.3 Å². The zero-order valence-electron chi connectivity index (χ0n) is 8.09. The quantitative estimate of drug-likeness (QED) is 0.640. The van der Waals surface area contributed by atoms with E-state index in [1.807, 2.05) is 7.05 Å². The fourth-order valence-corrected chi connectivity index (χ4v) is 2.33. The van der Waals surface area contributed by atoms with Crippen LogP contribution in [0.5, 0.6) is 0 Å². The molecular weight excluding hydrogens is 262 g/mol. The number of nitrogens with zero attached hydrogens (tertiary/aromatic N) is 1. The Morgan fingerprint density at radius 2 is 2.43 bits per heavy atom. The van der Waals surface area contributed by atoms with Gasteiger partial charge in [0.05, 0.1) is 9.62 Å². The highest BCUT2D eigenvalue weighted by Crippen LogP contribution is 2.21. The molecule has 0 amide bonds. The molecule has 0 aliphatic heterocycles. The van der Waals surface area contributed by atoms with Gasteiger partial charge in [0.15, 0.2) is 0 Å². The molecule has 0 saturated heterocycles. The molecule has 0 aliphatic rings. The van der Waals surface area contributed by atoms with Gasteiger partial charge < -0.3 is 10.6 Å². The Balaban J connectivity index is 2.33. The molecule has 0 atom stereocenters. The lowest BCUT2D eigenvalue weighted by molar-refractivity contribution is 0.337. The van der Waals surface area contributed by atoms with Crippen molar-refractivity contribution in [1.29, 1.82) is 5.41 Å². The summed E-state index contributed by atoms with van der Waals surface area (Å²) in [5.41, 5.74) is 6.59. The first kappa shape index (κ1) is 11.7. The zero-order valence-corrected chi connectivity index (χ0v) is 10.5. The molecule has 0 saturated carbocycles. The lowest BCUT2D eigenvalue weighted by Crippen LogP contribution is -2.23. The predicted octanol–water partition coefficient (Wildman–Crippen LogP) is 2.27. The van der Waals surface area contributed by atoms with E-state index in [9.17, 15) is 0 Å². The minimum atomic E-state index is 0.253. The molecule has 0 aromatic carbocycles. The normalized spacial score (nSPS) is 10.8. The lowest BCUT2D eigenvalue weighted by atomic mass is 10.3. The van der Waals surface area contributed by atoms with Gasteiger partial charge in [0.2, 0.25) is 0 Å². The van der Waals surface area contributed by atoms with Crippen LogP contribution in [0.3, 0.4) is 0 Å². The second-order valence-electron chi connectivity index (χ2n) is 3.27. The fourth-order valence-electron chi connectivity index (χ4n) is 1.13. The number of amidine groups is 1. The predicted molar refractivity (Wildman–Crippen MR) is 64.9 cm³/mol. The van der Waals surface area contributed by atoms with E-state index in [0.29, 0.717) is 6.42 Å². The Hall–Kier alpha value is -0.390. The highest BCUT2D eigenvalue weighted by Gasteiger charge is 2.02. The van der Waals surface area contributed by atoms with Crippen molar-refractivity contribution in [3.05, 3.63) is 20.8 Å². The molecular formula is C9H14BrN3S. The van der Waals surface area contributed by atoms with Crippen molar-refractivity contribution in [3.8, 4) is 0 Å². The van der Waals surface area contributed by atoms with Crippen LogP contribution in [-0.2, 0) is 6.54 Å². The van der Waals surface area contributed by atoms with Crippen LogP contribution < -0.4 is 5.73 Å². The summed E-state index contributed by atoms with van der Waals surface area (Å²) in [4.78, 5) is 2.16. The molecule has 0 aliphatic carbocycles. The average Bonchev–Trinajstić information content (AvgIpc) is 2.48. The standard InChI is InChI=1S/C9H14BrN3S/c1-13(3-2-9(11)12)5-7-4-8(10)14-6-7/h4,6H,2-3,5H2,1H3,(H3,11,12). The van der Waals surface area contributed by atoms with Gasteiger partial charge in [-0.05, 0) is 40.0 Å². The molecule has 5 heteroatoms. The summed E-state index contributed by atoms with van der Waals surface area (Å²) in [6.07, 6.45) is 0.641. The van der Waals surface area contributed by atoms with E-state index < -0.39 is 0 Å². The number of hydrogen-bond acceptors (Lipinski definition) is 3. The van der Waals surface area contributed by atoms with Crippen LogP contribution in [0.4, 0.5) is 0 Å². The molecule has 0 spiro atoms. The molecule has 1 aromatic heterocycles. The van der Waals surface area contributed by atoms with Crippen LogP contribution in [0, 0.1) is 5.41 Å². The van der Waals surface area contributed by atoms with Gasteiger partial charge in [-0.25, -0.2) is 0 Å². The summed E-state index contributed by atoms with van der Waals surface area (Å²) in [6, 6.07) is 2.12. The Labute approximate surface area is 96.5 Å². The maximum atomic E-state index is 7.12. The molecule has 1 aromatic rings. The van der Waals surface area contributed by atoms with Gasteiger partial charge in [-0.15, -0.1) is 11.3 Å². The summed E-state index contributed by atoms with van der Waals surface area (Å²) >= 11 is 5.12. The topological polar surface area (TPSA) is 53.1 Å². The maximum Gasteiger partial charge on any atom is 0.0918 e. The maximum absolute atomic E-state index is 7.12. The molecule has 78 valence electrons. The first-order valence-corrected chi connectivity index (χ1v) is 5.99. The number of nitrogens with one attached hydrogen (secondary N) is 1. The number of hydrogen-bond donors (Lipinski definition) is 2. The van der Waals surface area contributed by atoms with Crippen molar-refractivity contribution in [1.82, 2.24) is 4.90 Å². The summed E-state index contributed by atoms with van der Waals surface area (Å²) in [6.45, 7) is 1.75. The SMILES string of the molecule is CN(CCC(=N)N)Cc1csc(Br)c1. The Morgan fingerprint density at radius 3 is 2.93 bits per heavy atom. The van der Waals surface area contributed by atoms with Crippen LogP contribution in [-0.4, -0.2) is 24.3 Å². The number of halogens is 1. The third-order valence-corrected chi connectivity index (χ3v) is 3.39. The Bertz CT molecular complexity index is 311. The van der Waals surface area contributed by atoms with Crippen molar-refractivity contribution >= 4 is 33.1 Å². The Morgan fingerprint density at radius 1 is 1.71 bits per heavy atom. The Kier molecular flexibility index (Phi) is 4.57. The molecule has 14 heavy (non-hydrogen) atoms. The first-order valence-electron chi connectivity index (χ1n) is 4.32. The molecule has 3 nitrogen and oxygen atoms in total. The van der Waals surface area contributed by atoms with Crippen LogP contribution in [0.1, 0.15) is 12.0 Å². The largest absolute Gasteiger partial charge is 0.388 e. The minimum Gasteiger partial charge on any atom is -0.388 e. The van der Waals surface area contributed by atoms with Gasteiger partial charge in [-0.2, -0.15) is 0 Å². The van der Waals surface area contributed by atoms with E-state index in [1.165, 1.54) is 5.56 Å². The van der Waals surface area contributed by atoms with Crippen LogP contribution in [0.25, 0.3) is 0 Å². The average molecular weight is 276 g/mol. The second-order valence-corrected chi connectivity index (χ2v) is 5.56. The summed E-state index contributed by atoms with van der Waals surface area (Å²) in [7, 11) is 2.04. The molecule has 0 fully saturated rings. The first-order chi connectivity index (χ1) is 6.58. The fraction of sp³-hybridized carbons (Fsp3) is 0.444. The van der Waals surface area contributed by atoms with Crippen molar-refractivity contribution in [2.24, 2.45) is 5.73 Å². The molecule has 0 bridgehead atoms. The second kappa shape index (κ2) is 5.48. The number of rotatable bonds is 5. The monoisotopic (exact) mass is 275 g/mol. The van der Waals surface area contributed by atoms with E-state index in [-0.39, 0.29) is 5.84 Å².